The second-order valence-electron chi connectivity index (χ2n) is 4.04. The lowest BCUT2D eigenvalue weighted by Crippen LogP contribution is -2.56. The van der Waals surface area contributed by atoms with Crippen molar-refractivity contribution in [3.8, 4) is 6.07 Å². The zero-order valence-electron chi connectivity index (χ0n) is 8.40. The van der Waals surface area contributed by atoms with E-state index in [1.807, 2.05) is 25.1 Å². The van der Waals surface area contributed by atoms with Gasteiger partial charge in [-0.3, -0.25) is 4.90 Å². The fourth-order valence-corrected chi connectivity index (χ4v) is 1.79. The van der Waals surface area contributed by atoms with Crippen molar-refractivity contribution in [3.63, 3.8) is 0 Å². The third-order valence-corrected chi connectivity index (χ3v) is 3.02. The zero-order valence-corrected chi connectivity index (χ0v) is 8.40. The van der Waals surface area contributed by atoms with Gasteiger partial charge in [0.2, 0.25) is 0 Å². The van der Waals surface area contributed by atoms with E-state index >= 15 is 0 Å². The summed E-state index contributed by atoms with van der Waals surface area (Å²) >= 11 is 0. The van der Waals surface area contributed by atoms with Crippen molar-refractivity contribution in [1.29, 1.82) is 5.26 Å². The van der Waals surface area contributed by atoms with E-state index < -0.39 is 0 Å². The van der Waals surface area contributed by atoms with Gasteiger partial charge in [0.15, 0.2) is 0 Å². The van der Waals surface area contributed by atoms with E-state index in [4.69, 9.17) is 5.26 Å². The number of hydrogen-bond donors (Lipinski definition) is 0. The highest BCUT2D eigenvalue weighted by atomic mass is 15.2. The van der Waals surface area contributed by atoms with Gasteiger partial charge in [-0.1, -0.05) is 30.3 Å². The molecule has 0 amide bonds. The third kappa shape index (κ3) is 1.51. The number of benzene rings is 1. The average Bonchev–Trinajstić information content (AvgIpc) is 2.25. The van der Waals surface area contributed by atoms with Gasteiger partial charge in [0.05, 0.1) is 6.07 Å². The predicted molar refractivity (Wildman–Crippen MR) is 55.5 cm³/mol. The summed E-state index contributed by atoms with van der Waals surface area (Å²) < 4.78 is 0. The molecule has 0 aliphatic carbocycles. The van der Waals surface area contributed by atoms with Gasteiger partial charge in [0, 0.05) is 13.1 Å². The Labute approximate surface area is 84.8 Å². The van der Waals surface area contributed by atoms with Crippen LogP contribution in [-0.4, -0.2) is 17.0 Å². The van der Waals surface area contributed by atoms with E-state index in [0.29, 0.717) is 0 Å². The van der Waals surface area contributed by atoms with Gasteiger partial charge in [0.25, 0.3) is 0 Å². The highest BCUT2D eigenvalue weighted by Crippen LogP contribution is 2.30. The largest absolute Gasteiger partial charge is 0.281 e. The van der Waals surface area contributed by atoms with E-state index in [0.717, 1.165) is 19.5 Å². The Balaban J connectivity index is 2.04. The highest BCUT2D eigenvalue weighted by Gasteiger charge is 2.40. The molecular weight excluding hydrogens is 172 g/mol. The molecule has 1 aromatic rings. The Bertz CT molecular complexity index is 352. The van der Waals surface area contributed by atoms with Gasteiger partial charge in [-0.15, -0.1) is 0 Å². The molecule has 0 bridgehead atoms. The first-order chi connectivity index (χ1) is 6.74. The van der Waals surface area contributed by atoms with Gasteiger partial charge in [0.1, 0.15) is 5.54 Å². The Morgan fingerprint density at radius 1 is 1.43 bits per heavy atom. The van der Waals surface area contributed by atoms with E-state index in [9.17, 15) is 0 Å². The standard InChI is InChI=1S/C12H14N2/c1-12(10-13)7-8-14(12)9-11-5-3-2-4-6-11/h2-6H,7-9H2,1H3/t12-/m0/s1. The predicted octanol–water partition coefficient (Wildman–Crippen LogP) is 2.17. The van der Waals surface area contributed by atoms with Gasteiger partial charge in [-0.25, -0.2) is 0 Å². The van der Waals surface area contributed by atoms with Crippen LogP contribution >= 0.6 is 0 Å². The Kier molecular flexibility index (Phi) is 2.26. The van der Waals surface area contributed by atoms with Crippen LogP contribution in [0.25, 0.3) is 0 Å². The van der Waals surface area contributed by atoms with E-state index in [1.165, 1.54) is 5.56 Å². The van der Waals surface area contributed by atoms with Crippen LogP contribution in [0.15, 0.2) is 30.3 Å². The van der Waals surface area contributed by atoms with Crippen LogP contribution in [0.5, 0.6) is 0 Å². The first kappa shape index (κ1) is 9.23. The van der Waals surface area contributed by atoms with Crippen LogP contribution in [0.1, 0.15) is 18.9 Å². The molecule has 72 valence electrons. The first-order valence-electron chi connectivity index (χ1n) is 4.95. The van der Waals surface area contributed by atoms with Crippen molar-refractivity contribution in [2.75, 3.05) is 6.54 Å². The number of nitriles is 1. The monoisotopic (exact) mass is 186 g/mol. The average molecular weight is 186 g/mol. The second-order valence-corrected chi connectivity index (χ2v) is 4.04. The molecule has 2 nitrogen and oxygen atoms in total. The molecule has 1 saturated heterocycles. The molecule has 1 aliphatic heterocycles. The minimum atomic E-state index is -0.226. The maximum Gasteiger partial charge on any atom is 0.107 e. The SMILES string of the molecule is C[C@@]1(C#N)CCN1Cc1ccccc1. The molecule has 2 rings (SSSR count). The second kappa shape index (κ2) is 3.43. The molecule has 0 unspecified atom stereocenters. The molecule has 1 aromatic carbocycles. The van der Waals surface area contributed by atoms with Gasteiger partial charge >= 0.3 is 0 Å². The van der Waals surface area contributed by atoms with Crippen LogP contribution in [0.2, 0.25) is 0 Å². The summed E-state index contributed by atoms with van der Waals surface area (Å²) in [6.07, 6.45) is 0.996. The zero-order chi connectivity index (χ0) is 10.0. The summed E-state index contributed by atoms with van der Waals surface area (Å²) in [5.74, 6) is 0. The van der Waals surface area contributed by atoms with Crippen LogP contribution in [0.4, 0.5) is 0 Å². The summed E-state index contributed by atoms with van der Waals surface area (Å²) in [6, 6.07) is 12.7. The topological polar surface area (TPSA) is 27.0 Å². The molecule has 14 heavy (non-hydrogen) atoms. The Morgan fingerprint density at radius 3 is 2.64 bits per heavy atom. The van der Waals surface area contributed by atoms with Gasteiger partial charge < -0.3 is 0 Å². The molecule has 1 fully saturated rings. The number of hydrogen-bond acceptors (Lipinski definition) is 2. The summed E-state index contributed by atoms with van der Waals surface area (Å²) in [5.41, 5.74) is 1.06. The number of nitrogens with zero attached hydrogens (tertiary/aromatic N) is 2. The van der Waals surface area contributed by atoms with Crippen molar-refractivity contribution in [2.45, 2.75) is 25.4 Å². The smallest absolute Gasteiger partial charge is 0.107 e. The maximum absolute atomic E-state index is 9.00. The Hall–Kier alpha value is -1.33. The van der Waals surface area contributed by atoms with E-state index in [1.54, 1.807) is 0 Å². The Morgan fingerprint density at radius 2 is 2.14 bits per heavy atom. The van der Waals surface area contributed by atoms with Crippen LogP contribution < -0.4 is 0 Å². The van der Waals surface area contributed by atoms with Crippen LogP contribution in [0, 0.1) is 11.3 Å². The van der Waals surface area contributed by atoms with Gasteiger partial charge in [-0.05, 0) is 18.9 Å². The fourth-order valence-electron chi connectivity index (χ4n) is 1.79. The normalized spacial score (nSPS) is 26.6. The first-order valence-corrected chi connectivity index (χ1v) is 4.95. The summed E-state index contributed by atoms with van der Waals surface area (Å²) in [4.78, 5) is 2.22. The highest BCUT2D eigenvalue weighted by molar-refractivity contribution is 5.18. The lowest BCUT2D eigenvalue weighted by molar-refractivity contribution is 0.0382. The minimum Gasteiger partial charge on any atom is -0.281 e. The molecule has 1 atom stereocenters. The maximum atomic E-state index is 9.00. The molecule has 1 aliphatic rings. The van der Waals surface area contributed by atoms with Gasteiger partial charge in [-0.2, -0.15) is 5.26 Å². The molecule has 2 heteroatoms. The quantitative estimate of drug-likeness (QED) is 0.707. The number of likely N-dealkylation sites (tertiary alicyclic amines) is 1. The lowest BCUT2D eigenvalue weighted by Gasteiger charge is -2.45. The summed E-state index contributed by atoms with van der Waals surface area (Å²) in [5, 5.41) is 9.00. The minimum absolute atomic E-state index is 0.226. The third-order valence-electron chi connectivity index (χ3n) is 3.02. The summed E-state index contributed by atoms with van der Waals surface area (Å²) in [6.45, 7) is 3.95. The molecule has 0 aromatic heterocycles. The van der Waals surface area contributed by atoms with E-state index in [2.05, 4.69) is 23.1 Å². The van der Waals surface area contributed by atoms with Crippen LogP contribution in [-0.2, 0) is 6.54 Å². The van der Waals surface area contributed by atoms with Crippen molar-refractivity contribution in [3.05, 3.63) is 35.9 Å². The van der Waals surface area contributed by atoms with Crippen molar-refractivity contribution in [2.24, 2.45) is 0 Å². The molecule has 0 radical (unpaired) electrons. The lowest BCUT2D eigenvalue weighted by atomic mass is 9.88. The van der Waals surface area contributed by atoms with Crippen LogP contribution in [0.3, 0.4) is 0 Å². The fraction of sp³-hybridized carbons (Fsp3) is 0.417. The molecule has 0 N–H and O–H groups in total. The molecule has 0 saturated carbocycles. The molecule has 0 spiro atoms. The summed E-state index contributed by atoms with van der Waals surface area (Å²) in [7, 11) is 0. The van der Waals surface area contributed by atoms with Crippen molar-refractivity contribution >= 4 is 0 Å². The molecular formula is C12H14N2. The van der Waals surface area contributed by atoms with E-state index in [-0.39, 0.29) is 5.54 Å². The number of rotatable bonds is 2. The van der Waals surface area contributed by atoms with Crippen molar-refractivity contribution < 1.29 is 0 Å². The van der Waals surface area contributed by atoms with Crippen molar-refractivity contribution in [1.82, 2.24) is 4.90 Å². The molecule has 1 heterocycles.